The van der Waals surface area contributed by atoms with Crippen molar-refractivity contribution in [1.82, 2.24) is 10.3 Å². The van der Waals surface area contributed by atoms with Gasteiger partial charge in [0.05, 0.1) is 6.61 Å². The minimum absolute atomic E-state index is 0.00800. The molecular weight excluding hydrogens is 318 g/mol. The molecule has 0 spiro atoms. The van der Waals surface area contributed by atoms with Gasteiger partial charge in [-0.1, -0.05) is 6.07 Å². The summed E-state index contributed by atoms with van der Waals surface area (Å²) >= 11 is 0. The summed E-state index contributed by atoms with van der Waals surface area (Å²) in [4.78, 5) is 18.6. The maximum atomic E-state index is 12.1. The molecular formula is C19H23N3O3. The van der Waals surface area contributed by atoms with Crippen LogP contribution in [-0.2, 0) is 4.79 Å². The molecule has 1 aliphatic rings. The number of carbonyl (C=O) groups excluding carboxylic acids is 1. The van der Waals surface area contributed by atoms with E-state index in [1.54, 1.807) is 18.3 Å². The number of carbonyl (C=O) groups is 1. The summed E-state index contributed by atoms with van der Waals surface area (Å²) in [5, 5.41) is 3.02. The van der Waals surface area contributed by atoms with Gasteiger partial charge >= 0.3 is 0 Å². The summed E-state index contributed by atoms with van der Waals surface area (Å²) in [7, 11) is 0. The Morgan fingerprint density at radius 3 is 2.64 bits per heavy atom. The molecule has 0 bridgehead atoms. The molecule has 25 heavy (non-hydrogen) atoms. The Kier molecular flexibility index (Phi) is 5.72. The van der Waals surface area contributed by atoms with Crippen LogP contribution in [0.1, 0.15) is 13.3 Å². The van der Waals surface area contributed by atoms with E-state index in [-0.39, 0.29) is 18.6 Å². The van der Waals surface area contributed by atoms with Gasteiger partial charge in [0.25, 0.3) is 5.91 Å². The first kappa shape index (κ1) is 17.1. The van der Waals surface area contributed by atoms with E-state index in [0.717, 1.165) is 31.1 Å². The van der Waals surface area contributed by atoms with Crippen LogP contribution in [0.3, 0.4) is 0 Å². The van der Waals surface area contributed by atoms with Crippen LogP contribution in [0.25, 0.3) is 0 Å². The summed E-state index contributed by atoms with van der Waals surface area (Å²) in [6.07, 6.45) is 2.69. The average Bonchev–Trinajstić information content (AvgIpc) is 3.11. The maximum Gasteiger partial charge on any atom is 0.258 e. The number of nitrogens with one attached hydrogen (secondary N) is 1. The predicted molar refractivity (Wildman–Crippen MR) is 96.1 cm³/mol. The molecule has 2 heterocycles. The van der Waals surface area contributed by atoms with Gasteiger partial charge in [-0.15, -0.1) is 0 Å². The van der Waals surface area contributed by atoms with Crippen LogP contribution in [0.5, 0.6) is 11.5 Å². The number of ether oxygens (including phenoxy) is 2. The molecule has 1 saturated heterocycles. The second kappa shape index (κ2) is 8.37. The van der Waals surface area contributed by atoms with E-state index in [0.29, 0.717) is 12.4 Å². The van der Waals surface area contributed by atoms with E-state index in [4.69, 9.17) is 9.47 Å². The van der Waals surface area contributed by atoms with Gasteiger partial charge in [0.15, 0.2) is 6.61 Å². The van der Waals surface area contributed by atoms with E-state index in [2.05, 4.69) is 15.2 Å². The third-order valence-electron chi connectivity index (χ3n) is 4.03. The minimum atomic E-state index is -0.109. The fourth-order valence-corrected chi connectivity index (χ4v) is 2.84. The zero-order valence-corrected chi connectivity index (χ0v) is 14.4. The molecule has 1 atom stereocenters. The number of hydrogen-bond donors (Lipinski definition) is 1. The summed E-state index contributed by atoms with van der Waals surface area (Å²) in [5.41, 5.74) is 0. The van der Waals surface area contributed by atoms with Gasteiger partial charge in [-0.25, -0.2) is 4.98 Å². The predicted octanol–water partition coefficient (Wildman–Crippen LogP) is 2.25. The van der Waals surface area contributed by atoms with Crippen LogP contribution in [0.2, 0.25) is 0 Å². The molecule has 1 aromatic carbocycles. The molecule has 2 aromatic rings. The Hall–Kier alpha value is -2.76. The first-order valence-corrected chi connectivity index (χ1v) is 8.55. The van der Waals surface area contributed by atoms with Crippen LogP contribution in [0.15, 0.2) is 48.7 Å². The van der Waals surface area contributed by atoms with Crippen LogP contribution in [-0.4, -0.2) is 43.2 Å². The lowest BCUT2D eigenvalue weighted by Gasteiger charge is -2.17. The molecule has 1 unspecified atom stereocenters. The first-order valence-electron chi connectivity index (χ1n) is 8.55. The monoisotopic (exact) mass is 341 g/mol. The normalized spacial score (nSPS) is 16.5. The van der Waals surface area contributed by atoms with Crippen molar-refractivity contribution < 1.29 is 14.3 Å². The molecule has 1 aliphatic heterocycles. The summed E-state index contributed by atoms with van der Waals surface area (Å²) in [6.45, 7) is 4.23. The molecule has 6 heteroatoms. The number of aromatic nitrogens is 1. The largest absolute Gasteiger partial charge is 0.494 e. The number of anilines is 1. The van der Waals surface area contributed by atoms with E-state index >= 15 is 0 Å². The van der Waals surface area contributed by atoms with Gasteiger partial charge in [0.2, 0.25) is 0 Å². The van der Waals surface area contributed by atoms with Crippen LogP contribution in [0, 0.1) is 0 Å². The summed E-state index contributed by atoms with van der Waals surface area (Å²) in [5.74, 6) is 2.28. The van der Waals surface area contributed by atoms with Crippen molar-refractivity contribution in [3.8, 4) is 11.5 Å². The van der Waals surface area contributed by atoms with Crippen molar-refractivity contribution >= 4 is 11.7 Å². The number of benzene rings is 1. The Bertz CT molecular complexity index is 676. The molecule has 1 amide bonds. The molecule has 1 fully saturated rings. The second-order valence-electron chi connectivity index (χ2n) is 5.88. The molecule has 1 aromatic heterocycles. The Balaban J connectivity index is 1.42. The van der Waals surface area contributed by atoms with E-state index in [9.17, 15) is 4.79 Å². The highest BCUT2D eigenvalue weighted by Crippen LogP contribution is 2.18. The Morgan fingerprint density at radius 2 is 1.96 bits per heavy atom. The first-order chi connectivity index (χ1) is 12.2. The smallest absolute Gasteiger partial charge is 0.258 e. The van der Waals surface area contributed by atoms with E-state index in [1.807, 2.05) is 37.3 Å². The lowest BCUT2D eigenvalue weighted by Crippen LogP contribution is -2.39. The van der Waals surface area contributed by atoms with Crippen molar-refractivity contribution in [2.24, 2.45) is 0 Å². The highest BCUT2D eigenvalue weighted by molar-refractivity contribution is 5.78. The molecule has 0 aliphatic carbocycles. The van der Waals surface area contributed by atoms with Crippen molar-refractivity contribution in [3.05, 3.63) is 48.7 Å². The SMILES string of the molecule is CCOc1ccc(OCC(=O)NC2CCN(c3ccccn3)C2)cc1. The van der Waals surface area contributed by atoms with Crippen molar-refractivity contribution in [3.63, 3.8) is 0 Å². The highest BCUT2D eigenvalue weighted by atomic mass is 16.5. The van der Waals surface area contributed by atoms with Gasteiger partial charge < -0.3 is 19.7 Å². The third kappa shape index (κ3) is 4.86. The second-order valence-corrected chi connectivity index (χ2v) is 5.88. The van der Waals surface area contributed by atoms with Crippen LogP contribution < -0.4 is 19.7 Å². The standard InChI is InChI=1S/C19H23N3O3/c1-2-24-16-6-8-17(9-7-16)25-14-19(23)21-15-10-12-22(13-15)18-5-3-4-11-20-18/h3-9,11,15H,2,10,12-14H2,1H3,(H,21,23). The lowest BCUT2D eigenvalue weighted by molar-refractivity contribution is -0.123. The van der Waals surface area contributed by atoms with Crippen molar-refractivity contribution in [1.29, 1.82) is 0 Å². The molecule has 6 nitrogen and oxygen atoms in total. The number of amides is 1. The molecule has 1 N–H and O–H groups in total. The molecule has 0 saturated carbocycles. The number of pyridine rings is 1. The Labute approximate surface area is 147 Å². The van der Waals surface area contributed by atoms with Gasteiger partial charge in [-0.2, -0.15) is 0 Å². The quantitative estimate of drug-likeness (QED) is 0.837. The van der Waals surface area contributed by atoms with Crippen LogP contribution >= 0.6 is 0 Å². The lowest BCUT2D eigenvalue weighted by atomic mass is 10.2. The summed E-state index contributed by atoms with van der Waals surface area (Å²) < 4.78 is 10.9. The van der Waals surface area contributed by atoms with Gasteiger partial charge in [-0.05, 0) is 49.7 Å². The van der Waals surface area contributed by atoms with E-state index < -0.39 is 0 Å². The van der Waals surface area contributed by atoms with Crippen molar-refractivity contribution in [2.45, 2.75) is 19.4 Å². The molecule has 132 valence electrons. The van der Waals surface area contributed by atoms with Gasteiger partial charge in [0, 0.05) is 25.3 Å². The minimum Gasteiger partial charge on any atom is -0.494 e. The van der Waals surface area contributed by atoms with Gasteiger partial charge in [0.1, 0.15) is 17.3 Å². The fourth-order valence-electron chi connectivity index (χ4n) is 2.84. The highest BCUT2D eigenvalue weighted by Gasteiger charge is 2.24. The average molecular weight is 341 g/mol. The fraction of sp³-hybridized carbons (Fsp3) is 0.368. The Morgan fingerprint density at radius 1 is 1.20 bits per heavy atom. The maximum absolute atomic E-state index is 12.1. The van der Waals surface area contributed by atoms with E-state index in [1.165, 1.54) is 0 Å². The zero-order valence-electron chi connectivity index (χ0n) is 14.4. The molecule has 0 radical (unpaired) electrons. The van der Waals surface area contributed by atoms with Crippen LogP contribution in [0.4, 0.5) is 5.82 Å². The topological polar surface area (TPSA) is 63.7 Å². The number of nitrogens with zero attached hydrogens (tertiary/aromatic N) is 2. The number of rotatable bonds is 7. The molecule has 3 rings (SSSR count). The summed E-state index contributed by atoms with van der Waals surface area (Å²) in [6, 6.07) is 13.2. The van der Waals surface area contributed by atoms with Gasteiger partial charge in [-0.3, -0.25) is 4.79 Å². The zero-order chi connectivity index (χ0) is 17.5. The number of hydrogen-bond acceptors (Lipinski definition) is 5. The van der Waals surface area contributed by atoms with Crippen molar-refractivity contribution in [2.75, 3.05) is 31.2 Å². The third-order valence-corrected chi connectivity index (χ3v) is 4.03.